The number of rotatable bonds is 4. The van der Waals surface area contributed by atoms with E-state index in [1.807, 2.05) is 45.0 Å². The van der Waals surface area contributed by atoms with Gasteiger partial charge in [-0.15, -0.1) is 0 Å². The highest BCUT2D eigenvalue weighted by Crippen LogP contribution is 2.39. The van der Waals surface area contributed by atoms with Crippen LogP contribution >= 0.6 is 0 Å². The number of hydrogen-bond acceptors (Lipinski definition) is 3. The van der Waals surface area contributed by atoms with Crippen molar-refractivity contribution in [3.63, 3.8) is 0 Å². The van der Waals surface area contributed by atoms with E-state index in [1.54, 1.807) is 0 Å². The van der Waals surface area contributed by atoms with Crippen molar-refractivity contribution < 1.29 is 14.4 Å². The van der Waals surface area contributed by atoms with Crippen LogP contribution in [0.3, 0.4) is 0 Å². The number of benzene rings is 1. The number of nitrogens with one attached hydrogen (secondary N) is 2. The van der Waals surface area contributed by atoms with Gasteiger partial charge in [0.25, 0.3) is 5.91 Å². The van der Waals surface area contributed by atoms with Crippen LogP contribution in [-0.2, 0) is 21.5 Å². The molecule has 1 unspecified atom stereocenters. The number of carbonyl (C=O) groups is 3. The maximum atomic E-state index is 13.1. The van der Waals surface area contributed by atoms with Crippen molar-refractivity contribution in [3.8, 4) is 0 Å². The third-order valence-electron chi connectivity index (χ3n) is 5.31. The van der Waals surface area contributed by atoms with Gasteiger partial charge in [-0.05, 0) is 50.7 Å². The van der Waals surface area contributed by atoms with Crippen LogP contribution in [0.5, 0.6) is 0 Å². The molecule has 6 heteroatoms. The Morgan fingerprint density at radius 2 is 2.04 bits per heavy atom. The Hall–Kier alpha value is -2.37. The lowest BCUT2D eigenvalue weighted by Crippen LogP contribution is -2.49. The van der Waals surface area contributed by atoms with Crippen LogP contribution in [0.15, 0.2) is 24.3 Å². The van der Waals surface area contributed by atoms with Crippen LogP contribution in [0.25, 0.3) is 0 Å². The highest BCUT2D eigenvalue weighted by atomic mass is 16.2. The van der Waals surface area contributed by atoms with E-state index in [9.17, 15) is 14.4 Å². The van der Waals surface area contributed by atoms with Crippen LogP contribution in [0.4, 0.5) is 4.79 Å². The van der Waals surface area contributed by atoms with Crippen molar-refractivity contribution in [2.75, 3.05) is 6.54 Å². The third-order valence-corrected chi connectivity index (χ3v) is 5.31. The normalized spacial score (nSPS) is 22.8. The standard InChI is InChI=1S/C19H25N3O3/c1-4-18(2,3)20-15(23)12-22-16(24)19(21-17(22)25)11-7-9-13-8-5-6-10-14(13)19/h5-6,8,10H,4,7,9,11-12H2,1-3H3,(H,20,23)(H,21,25). The Bertz CT molecular complexity index is 728. The van der Waals surface area contributed by atoms with Gasteiger partial charge in [-0.3, -0.25) is 14.5 Å². The van der Waals surface area contributed by atoms with E-state index < -0.39 is 11.6 Å². The Balaban J connectivity index is 1.83. The Labute approximate surface area is 148 Å². The van der Waals surface area contributed by atoms with Crippen LogP contribution in [0, 0.1) is 0 Å². The minimum absolute atomic E-state index is 0.252. The van der Waals surface area contributed by atoms with Crippen molar-refractivity contribution in [2.24, 2.45) is 0 Å². The molecule has 0 radical (unpaired) electrons. The predicted molar refractivity (Wildman–Crippen MR) is 93.8 cm³/mol. The van der Waals surface area contributed by atoms with Crippen molar-refractivity contribution in [3.05, 3.63) is 35.4 Å². The summed E-state index contributed by atoms with van der Waals surface area (Å²) in [6, 6.07) is 7.22. The molecule has 1 heterocycles. The van der Waals surface area contributed by atoms with Crippen LogP contribution < -0.4 is 10.6 Å². The first-order chi connectivity index (χ1) is 11.8. The second kappa shape index (κ2) is 6.17. The molecular weight excluding hydrogens is 318 g/mol. The number of amides is 4. The van der Waals surface area contributed by atoms with Crippen molar-refractivity contribution >= 4 is 17.8 Å². The summed E-state index contributed by atoms with van der Waals surface area (Å²) in [5.74, 6) is -0.648. The SMILES string of the molecule is CCC(C)(C)NC(=O)CN1C(=O)NC2(CCCc3ccccc32)C1=O. The van der Waals surface area contributed by atoms with E-state index in [0.717, 1.165) is 35.3 Å². The van der Waals surface area contributed by atoms with Gasteiger partial charge in [0.15, 0.2) is 0 Å². The largest absolute Gasteiger partial charge is 0.350 e. The maximum absolute atomic E-state index is 13.1. The zero-order valence-electron chi connectivity index (χ0n) is 15.0. The van der Waals surface area contributed by atoms with Crippen LogP contribution in [0.2, 0.25) is 0 Å². The van der Waals surface area contributed by atoms with Gasteiger partial charge in [0.05, 0.1) is 0 Å². The monoisotopic (exact) mass is 343 g/mol. The number of carbonyl (C=O) groups excluding carboxylic acids is 3. The smallest absolute Gasteiger partial charge is 0.325 e. The topological polar surface area (TPSA) is 78.5 Å². The van der Waals surface area contributed by atoms with Crippen LogP contribution in [-0.4, -0.2) is 34.8 Å². The fourth-order valence-electron chi connectivity index (χ4n) is 3.60. The summed E-state index contributed by atoms with van der Waals surface area (Å²) in [4.78, 5) is 38.9. The molecule has 2 aliphatic rings. The van der Waals surface area contributed by atoms with E-state index in [1.165, 1.54) is 0 Å². The molecule has 0 saturated carbocycles. The number of nitrogens with zero attached hydrogens (tertiary/aromatic N) is 1. The minimum atomic E-state index is -1.02. The molecule has 134 valence electrons. The minimum Gasteiger partial charge on any atom is -0.350 e. The molecule has 25 heavy (non-hydrogen) atoms. The molecular formula is C19H25N3O3. The van der Waals surface area contributed by atoms with E-state index >= 15 is 0 Å². The molecule has 3 rings (SSSR count). The quantitative estimate of drug-likeness (QED) is 0.822. The summed E-state index contributed by atoms with van der Waals surface area (Å²) in [7, 11) is 0. The molecule has 1 aliphatic heterocycles. The van der Waals surface area contributed by atoms with Gasteiger partial charge >= 0.3 is 6.03 Å². The van der Waals surface area contributed by atoms with E-state index in [0.29, 0.717) is 6.42 Å². The van der Waals surface area contributed by atoms with E-state index in [2.05, 4.69) is 10.6 Å². The van der Waals surface area contributed by atoms with E-state index in [4.69, 9.17) is 0 Å². The number of imide groups is 1. The summed E-state index contributed by atoms with van der Waals surface area (Å²) >= 11 is 0. The molecule has 6 nitrogen and oxygen atoms in total. The van der Waals surface area contributed by atoms with Crippen LogP contribution in [0.1, 0.15) is 51.2 Å². The Morgan fingerprint density at radius 3 is 2.76 bits per heavy atom. The number of urea groups is 1. The second-order valence-electron chi connectivity index (χ2n) is 7.52. The third kappa shape index (κ3) is 3.01. The van der Waals surface area contributed by atoms with Crippen molar-refractivity contribution in [1.29, 1.82) is 0 Å². The van der Waals surface area contributed by atoms with Gasteiger partial charge in [-0.1, -0.05) is 31.2 Å². The van der Waals surface area contributed by atoms with Gasteiger partial charge in [-0.2, -0.15) is 0 Å². The van der Waals surface area contributed by atoms with Gasteiger partial charge in [0.2, 0.25) is 5.91 Å². The predicted octanol–water partition coefficient (Wildman–Crippen LogP) is 2.07. The summed E-state index contributed by atoms with van der Waals surface area (Å²) in [5, 5.41) is 5.74. The molecule has 1 aromatic carbocycles. The van der Waals surface area contributed by atoms with Gasteiger partial charge in [-0.25, -0.2) is 4.79 Å². The lowest BCUT2D eigenvalue weighted by Gasteiger charge is -2.33. The summed E-state index contributed by atoms with van der Waals surface area (Å²) in [6.07, 6.45) is 3.04. The van der Waals surface area contributed by atoms with Gasteiger partial charge in [0, 0.05) is 5.54 Å². The average Bonchev–Trinajstić information content (AvgIpc) is 2.80. The lowest BCUT2D eigenvalue weighted by molar-refractivity contribution is -0.136. The fourth-order valence-corrected chi connectivity index (χ4v) is 3.60. The molecule has 1 fully saturated rings. The summed E-state index contributed by atoms with van der Waals surface area (Å²) in [5.41, 5.74) is 0.551. The molecule has 1 spiro atoms. The van der Waals surface area contributed by atoms with Crippen molar-refractivity contribution in [2.45, 2.75) is 57.5 Å². The maximum Gasteiger partial charge on any atom is 0.325 e. The zero-order valence-corrected chi connectivity index (χ0v) is 15.0. The first-order valence-electron chi connectivity index (χ1n) is 8.82. The first kappa shape index (κ1) is 17.5. The lowest BCUT2D eigenvalue weighted by atomic mass is 9.76. The van der Waals surface area contributed by atoms with Crippen molar-refractivity contribution in [1.82, 2.24) is 15.5 Å². The Morgan fingerprint density at radius 1 is 1.32 bits per heavy atom. The highest BCUT2D eigenvalue weighted by Gasteiger charge is 2.54. The molecule has 1 atom stereocenters. The van der Waals surface area contributed by atoms with Gasteiger partial charge in [0.1, 0.15) is 12.1 Å². The molecule has 1 aliphatic carbocycles. The summed E-state index contributed by atoms with van der Waals surface area (Å²) < 4.78 is 0. The highest BCUT2D eigenvalue weighted by molar-refractivity contribution is 6.09. The molecule has 0 aromatic heterocycles. The fraction of sp³-hybridized carbons (Fsp3) is 0.526. The summed E-state index contributed by atoms with van der Waals surface area (Å²) in [6.45, 7) is 5.55. The zero-order chi connectivity index (χ0) is 18.2. The molecule has 2 N–H and O–H groups in total. The Kier molecular flexibility index (Phi) is 4.31. The molecule has 0 bridgehead atoms. The van der Waals surface area contributed by atoms with Gasteiger partial charge < -0.3 is 10.6 Å². The second-order valence-corrected chi connectivity index (χ2v) is 7.52. The van der Waals surface area contributed by atoms with E-state index in [-0.39, 0.29) is 23.9 Å². The number of hydrogen-bond donors (Lipinski definition) is 2. The molecule has 1 aromatic rings. The molecule has 1 saturated heterocycles. The number of fused-ring (bicyclic) bond motifs is 2. The molecule has 4 amide bonds. The first-order valence-corrected chi connectivity index (χ1v) is 8.82. The average molecular weight is 343 g/mol. The number of aryl methyl sites for hydroxylation is 1.